The molecule has 0 unspecified atom stereocenters. The zero-order valence-corrected chi connectivity index (χ0v) is 12.9. The van der Waals surface area contributed by atoms with E-state index in [0.717, 1.165) is 18.7 Å². The number of ether oxygens (including phenoxy) is 3. The predicted octanol–water partition coefficient (Wildman–Crippen LogP) is 0.949. The maximum atomic E-state index is 11.8. The van der Waals surface area contributed by atoms with E-state index in [1.54, 1.807) is 19.3 Å². The monoisotopic (exact) mass is 307 g/mol. The fourth-order valence-electron chi connectivity index (χ4n) is 2.11. The predicted molar refractivity (Wildman–Crippen MR) is 80.5 cm³/mol. The van der Waals surface area contributed by atoms with Crippen LogP contribution in [0.4, 0.5) is 5.95 Å². The highest BCUT2D eigenvalue weighted by molar-refractivity contribution is 5.88. The summed E-state index contributed by atoms with van der Waals surface area (Å²) < 4.78 is 15.2. The molecule has 0 atom stereocenters. The van der Waals surface area contributed by atoms with Crippen molar-refractivity contribution in [2.45, 2.75) is 13.3 Å². The number of esters is 1. The van der Waals surface area contributed by atoms with E-state index in [4.69, 9.17) is 14.2 Å². The molecule has 0 amide bonds. The van der Waals surface area contributed by atoms with Crippen LogP contribution in [0.1, 0.15) is 12.5 Å². The lowest BCUT2D eigenvalue weighted by Gasteiger charge is -2.26. The van der Waals surface area contributed by atoms with Crippen molar-refractivity contribution < 1.29 is 19.0 Å². The lowest BCUT2D eigenvalue weighted by molar-refractivity contribution is -0.138. The van der Waals surface area contributed by atoms with Gasteiger partial charge in [0.1, 0.15) is 0 Å². The van der Waals surface area contributed by atoms with Gasteiger partial charge in [0.2, 0.25) is 5.95 Å². The second-order valence-electron chi connectivity index (χ2n) is 4.77. The Bertz CT molecular complexity index is 510. The van der Waals surface area contributed by atoms with Crippen molar-refractivity contribution in [1.82, 2.24) is 9.97 Å². The molecule has 0 aromatic carbocycles. The number of carbonyl (C=O) groups excluding carboxylic acids is 1. The van der Waals surface area contributed by atoms with Gasteiger partial charge in [-0.3, -0.25) is 0 Å². The summed E-state index contributed by atoms with van der Waals surface area (Å²) in [5.74, 6) is 0.294. The second kappa shape index (κ2) is 8.33. The molecule has 0 N–H and O–H groups in total. The highest BCUT2D eigenvalue weighted by Gasteiger charge is 2.15. The summed E-state index contributed by atoms with van der Waals surface area (Å²) in [6, 6.07) is 0. The summed E-state index contributed by atoms with van der Waals surface area (Å²) in [5, 5.41) is 0. The lowest BCUT2D eigenvalue weighted by atomic mass is 10.1. The van der Waals surface area contributed by atoms with Crippen LogP contribution in [0.15, 0.2) is 24.2 Å². The Hall–Kier alpha value is -2.15. The number of morpholine rings is 1. The number of aromatic nitrogens is 2. The van der Waals surface area contributed by atoms with Crippen molar-refractivity contribution in [1.29, 1.82) is 0 Å². The van der Waals surface area contributed by atoms with E-state index in [-0.39, 0.29) is 5.97 Å². The van der Waals surface area contributed by atoms with Crippen LogP contribution < -0.4 is 4.90 Å². The Morgan fingerprint density at radius 3 is 2.64 bits per heavy atom. The maximum Gasteiger partial charge on any atom is 0.337 e. The van der Waals surface area contributed by atoms with E-state index < -0.39 is 0 Å². The highest BCUT2D eigenvalue weighted by Crippen LogP contribution is 2.13. The first-order valence-electron chi connectivity index (χ1n) is 7.27. The van der Waals surface area contributed by atoms with Crippen LogP contribution in [-0.2, 0) is 25.4 Å². The minimum Gasteiger partial charge on any atom is -0.504 e. The Labute approximate surface area is 129 Å². The van der Waals surface area contributed by atoms with Crippen molar-refractivity contribution in [2.75, 3.05) is 44.9 Å². The molecule has 1 saturated heterocycles. The van der Waals surface area contributed by atoms with Gasteiger partial charge in [-0.2, -0.15) is 0 Å². The molecule has 22 heavy (non-hydrogen) atoms. The Kier molecular flexibility index (Phi) is 6.14. The number of rotatable bonds is 6. The molecule has 0 saturated carbocycles. The molecular weight excluding hydrogens is 286 g/mol. The summed E-state index contributed by atoms with van der Waals surface area (Å²) in [6.45, 7) is 5.05. The molecule has 1 aromatic rings. The van der Waals surface area contributed by atoms with Gasteiger partial charge in [0.05, 0.1) is 38.8 Å². The molecule has 0 spiro atoms. The minimum absolute atomic E-state index is 0.326. The third kappa shape index (κ3) is 4.42. The van der Waals surface area contributed by atoms with Crippen LogP contribution in [0.3, 0.4) is 0 Å². The van der Waals surface area contributed by atoms with E-state index in [1.807, 2.05) is 0 Å². The fourth-order valence-corrected chi connectivity index (χ4v) is 2.11. The topological polar surface area (TPSA) is 73.8 Å². The summed E-state index contributed by atoms with van der Waals surface area (Å²) in [5.41, 5.74) is 1.26. The molecule has 0 bridgehead atoms. The van der Waals surface area contributed by atoms with E-state index >= 15 is 0 Å². The quantitative estimate of drug-likeness (QED) is 0.440. The van der Waals surface area contributed by atoms with Gasteiger partial charge in [-0.05, 0) is 12.5 Å². The first-order valence-corrected chi connectivity index (χ1v) is 7.27. The van der Waals surface area contributed by atoms with Gasteiger partial charge in [-0.15, -0.1) is 0 Å². The van der Waals surface area contributed by atoms with E-state index in [9.17, 15) is 4.79 Å². The molecule has 1 aromatic heterocycles. The average Bonchev–Trinajstić information content (AvgIpc) is 2.56. The van der Waals surface area contributed by atoms with Gasteiger partial charge in [0, 0.05) is 31.9 Å². The van der Waals surface area contributed by atoms with Crippen LogP contribution in [0.5, 0.6) is 0 Å². The molecule has 0 radical (unpaired) electrons. The first-order chi connectivity index (χ1) is 10.7. The molecular formula is C15H21N3O4. The lowest BCUT2D eigenvalue weighted by Crippen LogP contribution is -2.37. The summed E-state index contributed by atoms with van der Waals surface area (Å²) in [6.07, 6.45) is 5.21. The molecule has 120 valence electrons. The Morgan fingerprint density at radius 1 is 1.36 bits per heavy atom. The fraction of sp³-hybridized carbons (Fsp3) is 0.533. The Morgan fingerprint density at radius 2 is 2.05 bits per heavy atom. The van der Waals surface area contributed by atoms with E-state index in [0.29, 0.717) is 37.8 Å². The third-order valence-electron chi connectivity index (χ3n) is 3.18. The zero-order chi connectivity index (χ0) is 15.8. The van der Waals surface area contributed by atoms with Gasteiger partial charge in [0.25, 0.3) is 0 Å². The molecule has 2 heterocycles. The number of nitrogens with zero attached hydrogens (tertiary/aromatic N) is 3. The molecule has 7 nitrogen and oxygen atoms in total. The van der Waals surface area contributed by atoms with Gasteiger partial charge in [-0.25, -0.2) is 14.8 Å². The van der Waals surface area contributed by atoms with Gasteiger partial charge in [0.15, 0.2) is 0 Å². The first kappa shape index (κ1) is 16.2. The standard InChI is InChI=1S/C15H21N3O4/c1-3-22-14(19)13(11-20-2)8-12-9-16-15(17-10-12)18-4-6-21-7-5-18/h9-11H,3-8H2,1-2H3/b13-11-. The van der Waals surface area contributed by atoms with Crippen molar-refractivity contribution in [2.24, 2.45) is 0 Å². The van der Waals surface area contributed by atoms with Gasteiger partial charge >= 0.3 is 5.97 Å². The van der Waals surface area contributed by atoms with Crippen LogP contribution >= 0.6 is 0 Å². The number of methoxy groups -OCH3 is 1. The normalized spacial score (nSPS) is 15.5. The van der Waals surface area contributed by atoms with Gasteiger partial charge < -0.3 is 19.1 Å². The van der Waals surface area contributed by atoms with Gasteiger partial charge in [-0.1, -0.05) is 0 Å². The number of hydrogen-bond acceptors (Lipinski definition) is 7. The van der Waals surface area contributed by atoms with Crippen LogP contribution in [0.25, 0.3) is 0 Å². The molecule has 7 heteroatoms. The SMILES string of the molecule is CCOC(=O)/C(=C\OC)Cc1cnc(N2CCOCC2)nc1. The van der Waals surface area contributed by atoms with Crippen LogP contribution in [0, 0.1) is 0 Å². The summed E-state index contributed by atoms with van der Waals surface area (Å²) >= 11 is 0. The zero-order valence-electron chi connectivity index (χ0n) is 12.9. The second-order valence-corrected chi connectivity index (χ2v) is 4.77. The van der Waals surface area contributed by atoms with Crippen molar-refractivity contribution >= 4 is 11.9 Å². The summed E-state index contributed by atoms with van der Waals surface area (Å²) in [4.78, 5) is 22.6. The maximum absolute atomic E-state index is 11.8. The number of hydrogen-bond donors (Lipinski definition) is 0. The molecule has 1 aliphatic rings. The molecule has 0 aliphatic carbocycles. The Balaban J connectivity index is 2.02. The largest absolute Gasteiger partial charge is 0.504 e. The number of carbonyl (C=O) groups is 1. The van der Waals surface area contributed by atoms with E-state index in [1.165, 1.54) is 13.4 Å². The van der Waals surface area contributed by atoms with Crippen LogP contribution in [0.2, 0.25) is 0 Å². The number of anilines is 1. The third-order valence-corrected chi connectivity index (χ3v) is 3.18. The van der Waals surface area contributed by atoms with Crippen molar-refractivity contribution in [3.8, 4) is 0 Å². The highest BCUT2D eigenvalue weighted by atomic mass is 16.5. The average molecular weight is 307 g/mol. The minimum atomic E-state index is -0.387. The van der Waals surface area contributed by atoms with Crippen molar-refractivity contribution in [3.05, 3.63) is 29.8 Å². The van der Waals surface area contributed by atoms with E-state index in [2.05, 4.69) is 14.9 Å². The summed E-state index contributed by atoms with van der Waals surface area (Å²) in [7, 11) is 1.50. The smallest absolute Gasteiger partial charge is 0.337 e. The molecule has 1 aliphatic heterocycles. The van der Waals surface area contributed by atoms with Crippen molar-refractivity contribution in [3.63, 3.8) is 0 Å². The molecule has 2 rings (SSSR count). The molecule has 1 fully saturated rings. The van der Waals surface area contributed by atoms with Crippen LogP contribution in [-0.4, -0.2) is 56.0 Å².